The van der Waals surface area contributed by atoms with Gasteiger partial charge in [-0.2, -0.15) is 0 Å². The normalized spacial score (nSPS) is 14.3. The number of phosphoric acid groups is 2. The first kappa shape index (κ1) is 78.1. The summed E-state index contributed by atoms with van der Waals surface area (Å²) >= 11 is 0. The minimum absolute atomic E-state index is 0.105. The zero-order valence-electron chi connectivity index (χ0n) is 51.2. The Bertz CT molecular complexity index is 1570. The van der Waals surface area contributed by atoms with E-state index in [1.807, 2.05) is 0 Å². The number of carbonyl (C=O) groups excluding carboxylic acids is 4. The van der Waals surface area contributed by atoms with E-state index in [-0.39, 0.29) is 25.7 Å². The second kappa shape index (κ2) is 55.0. The van der Waals surface area contributed by atoms with Gasteiger partial charge >= 0.3 is 39.5 Å². The van der Waals surface area contributed by atoms with Gasteiger partial charge in [-0.05, 0) is 31.6 Å². The fraction of sp³-hybridized carbons (Fsp3) is 0.934. The lowest BCUT2D eigenvalue weighted by atomic mass is 10.0. The van der Waals surface area contributed by atoms with Crippen molar-refractivity contribution in [3.05, 3.63) is 0 Å². The Morgan fingerprint density at radius 2 is 0.575 bits per heavy atom. The summed E-state index contributed by atoms with van der Waals surface area (Å²) in [5.74, 6) is -1.46. The summed E-state index contributed by atoms with van der Waals surface area (Å²) < 4.78 is 67.8. The molecule has 474 valence electrons. The maximum Gasteiger partial charge on any atom is 0.472 e. The monoisotopic (exact) mass is 1180 g/mol. The molecule has 17 nitrogen and oxygen atoms in total. The standard InChI is InChI=1S/C61H118O17P2/c1-6-9-12-15-18-21-22-23-24-25-27-30-37-42-47-61(66)78-57(51-72-59(64)45-40-35-32-31-33-38-43-54(4)5)53-76-80(69,70)74-49-55(62)48-73-79(67,68)75-52-56(50-71-58(63)44-39-34-28-20-17-14-11-8-3)77-60(65)46-41-36-29-26-19-16-13-10-7-2/h54-57,62H,6-53H2,1-5H3,(H,67,68)(H,69,70)/t55-,56+,57+/m0/s1. The molecular weight excluding hydrogens is 1070 g/mol. The number of carbonyl (C=O) groups is 4. The lowest BCUT2D eigenvalue weighted by Crippen LogP contribution is -2.30. The van der Waals surface area contributed by atoms with Gasteiger partial charge in [0.25, 0.3) is 0 Å². The van der Waals surface area contributed by atoms with E-state index in [9.17, 15) is 43.2 Å². The number of hydrogen-bond acceptors (Lipinski definition) is 15. The van der Waals surface area contributed by atoms with Crippen molar-refractivity contribution < 1.29 is 80.2 Å². The van der Waals surface area contributed by atoms with Crippen LogP contribution in [0.4, 0.5) is 0 Å². The quantitative estimate of drug-likeness (QED) is 0.0222. The average molecular weight is 1190 g/mol. The lowest BCUT2D eigenvalue weighted by molar-refractivity contribution is -0.161. The molecule has 3 N–H and O–H groups in total. The number of aliphatic hydroxyl groups excluding tert-OH is 1. The van der Waals surface area contributed by atoms with Crippen molar-refractivity contribution in [1.29, 1.82) is 0 Å². The van der Waals surface area contributed by atoms with E-state index in [0.29, 0.717) is 31.6 Å². The van der Waals surface area contributed by atoms with E-state index >= 15 is 0 Å². The van der Waals surface area contributed by atoms with Gasteiger partial charge in [0, 0.05) is 25.7 Å². The molecule has 0 aromatic heterocycles. The third-order valence-corrected chi connectivity index (χ3v) is 15.9. The molecule has 0 saturated heterocycles. The van der Waals surface area contributed by atoms with Crippen LogP contribution in [-0.4, -0.2) is 96.7 Å². The molecule has 0 bridgehead atoms. The van der Waals surface area contributed by atoms with Crippen LogP contribution in [0.1, 0.15) is 304 Å². The molecule has 2 unspecified atom stereocenters. The van der Waals surface area contributed by atoms with Gasteiger partial charge in [-0.1, -0.05) is 253 Å². The van der Waals surface area contributed by atoms with Crippen LogP contribution in [0.5, 0.6) is 0 Å². The number of aliphatic hydroxyl groups is 1. The predicted octanol–water partition coefficient (Wildman–Crippen LogP) is 16.6. The van der Waals surface area contributed by atoms with Gasteiger partial charge in [0.2, 0.25) is 0 Å². The van der Waals surface area contributed by atoms with Gasteiger partial charge in [0.05, 0.1) is 26.4 Å². The van der Waals surface area contributed by atoms with E-state index in [0.717, 1.165) is 103 Å². The number of unbranched alkanes of at least 4 members (excludes halogenated alkanes) is 33. The van der Waals surface area contributed by atoms with Crippen LogP contribution in [0.25, 0.3) is 0 Å². The van der Waals surface area contributed by atoms with Crippen molar-refractivity contribution in [3.63, 3.8) is 0 Å². The van der Waals surface area contributed by atoms with E-state index in [4.69, 9.17) is 37.0 Å². The number of rotatable bonds is 61. The van der Waals surface area contributed by atoms with E-state index in [1.165, 1.54) is 116 Å². The first-order chi connectivity index (χ1) is 38.5. The first-order valence-corrected chi connectivity index (χ1v) is 35.1. The number of ether oxygens (including phenoxy) is 4. The van der Waals surface area contributed by atoms with Gasteiger partial charge in [-0.3, -0.25) is 37.3 Å². The van der Waals surface area contributed by atoms with Crippen LogP contribution in [0.15, 0.2) is 0 Å². The van der Waals surface area contributed by atoms with Crippen LogP contribution in [0.2, 0.25) is 0 Å². The largest absolute Gasteiger partial charge is 0.472 e. The zero-order valence-corrected chi connectivity index (χ0v) is 53.0. The summed E-state index contributed by atoms with van der Waals surface area (Å²) in [6, 6.07) is 0. The lowest BCUT2D eigenvalue weighted by Gasteiger charge is -2.21. The SMILES string of the molecule is CCCCCCCCCCCCCCCCC(=O)O[C@H](COC(=O)CCCCCCCCC(C)C)COP(=O)(O)OC[C@@H](O)COP(=O)(O)OC[C@@H](COC(=O)CCCCCCCCCC)OC(=O)CCCCCCCCCCC. The molecule has 80 heavy (non-hydrogen) atoms. The fourth-order valence-corrected chi connectivity index (χ4v) is 10.6. The Morgan fingerprint density at radius 3 is 0.850 bits per heavy atom. The first-order valence-electron chi connectivity index (χ1n) is 32.1. The molecule has 0 aliphatic rings. The maximum atomic E-state index is 12.9. The maximum absolute atomic E-state index is 12.9. The van der Waals surface area contributed by atoms with Crippen molar-refractivity contribution in [2.24, 2.45) is 5.92 Å². The highest BCUT2D eigenvalue weighted by atomic mass is 31.2. The van der Waals surface area contributed by atoms with Crippen LogP contribution < -0.4 is 0 Å². The molecule has 0 fully saturated rings. The smallest absolute Gasteiger partial charge is 0.462 e. The summed E-state index contributed by atoms with van der Waals surface area (Å²) in [4.78, 5) is 71.9. The molecule has 0 aromatic carbocycles. The van der Waals surface area contributed by atoms with E-state index in [2.05, 4.69) is 34.6 Å². The summed E-state index contributed by atoms with van der Waals surface area (Å²) in [6.07, 6.45) is 37.7. The summed E-state index contributed by atoms with van der Waals surface area (Å²) in [5, 5.41) is 10.5. The Hall–Kier alpha value is -1.94. The zero-order chi connectivity index (χ0) is 59.2. The minimum atomic E-state index is -4.94. The number of hydrogen-bond donors (Lipinski definition) is 3. The van der Waals surface area contributed by atoms with Gasteiger partial charge in [-0.25, -0.2) is 9.13 Å². The Morgan fingerprint density at radius 1 is 0.338 bits per heavy atom. The second-order valence-electron chi connectivity index (χ2n) is 22.6. The van der Waals surface area contributed by atoms with Gasteiger partial charge in [0.1, 0.15) is 19.3 Å². The van der Waals surface area contributed by atoms with E-state index < -0.39 is 97.5 Å². The van der Waals surface area contributed by atoms with Crippen molar-refractivity contribution in [3.8, 4) is 0 Å². The van der Waals surface area contributed by atoms with Gasteiger partial charge in [0.15, 0.2) is 12.2 Å². The van der Waals surface area contributed by atoms with Gasteiger partial charge < -0.3 is 33.8 Å². The topological polar surface area (TPSA) is 237 Å². The number of phosphoric ester groups is 2. The third-order valence-electron chi connectivity index (χ3n) is 14.0. The van der Waals surface area contributed by atoms with E-state index in [1.54, 1.807) is 0 Å². The Labute approximate surface area is 486 Å². The molecule has 0 aliphatic heterocycles. The summed E-state index contributed by atoms with van der Waals surface area (Å²) in [5.41, 5.74) is 0. The Kier molecular flexibility index (Phi) is 53.6. The van der Waals surface area contributed by atoms with Gasteiger partial charge in [-0.15, -0.1) is 0 Å². The van der Waals surface area contributed by atoms with Crippen LogP contribution >= 0.6 is 15.6 Å². The molecule has 0 saturated carbocycles. The third kappa shape index (κ3) is 55.3. The highest BCUT2D eigenvalue weighted by Crippen LogP contribution is 2.45. The highest BCUT2D eigenvalue weighted by molar-refractivity contribution is 7.47. The summed E-state index contributed by atoms with van der Waals surface area (Å²) in [7, 11) is -9.87. The molecule has 0 radical (unpaired) electrons. The van der Waals surface area contributed by atoms with Crippen molar-refractivity contribution in [1.82, 2.24) is 0 Å². The van der Waals surface area contributed by atoms with Crippen molar-refractivity contribution in [2.75, 3.05) is 39.6 Å². The van der Waals surface area contributed by atoms with Crippen molar-refractivity contribution in [2.45, 2.75) is 323 Å². The van der Waals surface area contributed by atoms with Crippen LogP contribution in [0.3, 0.4) is 0 Å². The molecule has 0 amide bonds. The highest BCUT2D eigenvalue weighted by Gasteiger charge is 2.30. The van der Waals surface area contributed by atoms with Crippen LogP contribution in [0, 0.1) is 5.92 Å². The van der Waals surface area contributed by atoms with Crippen molar-refractivity contribution >= 4 is 39.5 Å². The molecule has 0 rings (SSSR count). The molecule has 19 heteroatoms. The Balaban J connectivity index is 5.20. The molecular formula is C61H118O17P2. The number of esters is 4. The molecule has 5 atom stereocenters. The molecule has 0 aromatic rings. The van der Waals surface area contributed by atoms with Crippen LogP contribution in [-0.2, 0) is 65.4 Å². The molecule has 0 aliphatic carbocycles. The molecule has 0 spiro atoms. The molecule has 0 heterocycles. The summed E-state index contributed by atoms with van der Waals surface area (Å²) in [6.45, 7) is 7.05. The predicted molar refractivity (Wildman–Crippen MR) is 317 cm³/mol. The fourth-order valence-electron chi connectivity index (χ4n) is 9.05. The second-order valence-corrected chi connectivity index (χ2v) is 25.5. The average Bonchev–Trinajstić information content (AvgIpc) is 3.42. The minimum Gasteiger partial charge on any atom is -0.462 e.